The number of aliphatic carboxylic acids is 1. The number of unbranched alkanes of at least 4 members (excludes halogenated alkanes) is 11. The highest BCUT2D eigenvalue weighted by Gasteiger charge is 2.20. The van der Waals surface area contributed by atoms with E-state index >= 15 is 0 Å². The number of carboxylic acid groups (broad SMARTS) is 1. The fraction of sp³-hybridized carbons (Fsp3) is 0.708. The van der Waals surface area contributed by atoms with Gasteiger partial charge in [0, 0.05) is 24.7 Å². The number of imidazole rings is 1. The molecular formula is C24H42ClN3O3. The van der Waals surface area contributed by atoms with E-state index in [-0.39, 0.29) is 24.7 Å². The molecule has 1 aromatic heterocycles. The molecule has 1 heterocycles. The molecule has 3 N–H and O–H groups in total. The van der Waals surface area contributed by atoms with Crippen LogP contribution in [0.25, 0.3) is 0 Å². The smallest absolute Gasteiger partial charge is 0.326 e. The zero-order valence-corrected chi connectivity index (χ0v) is 19.9. The van der Waals surface area contributed by atoms with Gasteiger partial charge < -0.3 is 15.4 Å². The fourth-order valence-electron chi connectivity index (χ4n) is 3.44. The topological polar surface area (TPSA) is 95.1 Å². The number of aromatic amines is 1. The van der Waals surface area contributed by atoms with Gasteiger partial charge in [0.15, 0.2) is 0 Å². The third-order valence-electron chi connectivity index (χ3n) is 5.28. The normalized spacial score (nSPS) is 11.9. The largest absolute Gasteiger partial charge is 0.480 e. The fourth-order valence-corrected chi connectivity index (χ4v) is 3.44. The Morgan fingerprint density at radius 3 is 2.13 bits per heavy atom. The minimum absolute atomic E-state index is 0. The number of H-pyrrole nitrogens is 1. The van der Waals surface area contributed by atoms with E-state index in [1.807, 2.05) is 0 Å². The lowest BCUT2D eigenvalue weighted by molar-refractivity contribution is -0.141. The zero-order valence-electron chi connectivity index (χ0n) is 19.1. The van der Waals surface area contributed by atoms with Crippen LogP contribution in [-0.2, 0) is 16.0 Å². The number of carboxylic acids is 1. The maximum Gasteiger partial charge on any atom is 0.326 e. The van der Waals surface area contributed by atoms with Crippen LogP contribution in [0, 0.1) is 0 Å². The summed E-state index contributed by atoms with van der Waals surface area (Å²) >= 11 is 0. The summed E-state index contributed by atoms with van der Waals surface area (Å²) in [5.74, 6) is -1.22. The Bertz CT molecular complexity index is 591. The molecule has 7 heteroatoms. The number of hydrogen-bond donors (Lipinski definition) is 3. The molecule has 0 aliphatic heterocycles. The van der Waals surface area contributed by atoms with Crippen LogP contribution < -0.4 is 5.32 Å². The second kappa shape index (κ2) is 20.1. The van der Waals surface area contributed by atoms with E-state index in [2.05, 4.69) is 34.4 Å². The summed E-state index contributed by atoms with van der Waals surface area (Å²) in [6.45, 7) is 2.25. The first-order valence-corrected chi connectivity index (χ1v) is 11.8. The van der Waals surface area contributed by atoms with E-state index in [0.29, 0.717) is 12.1 Å². The lowest BCUT2D eigenvalue weighted by Gasteiger charge is -2.13. The van der Waals surface area contributed by atoms with Gasteiger partial charge in [-0.05, 0) is 32.1 Å². The molecule has 31 heavy (non-hydrogen) atoms. The number of aromatic nitrogens is 2. The molecule has 0 saturated heterocycles. The van der Waals surface area contributed by atoms with Crippen molar-refractivity contribution in [2.24, 2.45) is 0 Å². The highest BCUT2D eigenvalue weighted by atomic mass is 35.5. The third kappa shape index (κ3) is 16.5. The van der Waals surface area contributed by atoms with Crippen molar-refractivity contribution in [3.8, 4) is 0 Å². The van der Waals surface area contributed by atoms with Crippen molar-refractivity contribution in [2.75, 3.05) is 0 Å². The molecule has 1 amide bonds. The van der Waals surface area contributed by atoms with Crippen molar-refractivity contribution in [3.63, 3.8) is 0 Å². The predicted molar refractivity (Wildman–Crippen MR) is 129 cm³/mol. The molecule has 0 aliphatic rings. The molecule has 0 bridgehead atoms. The summed E-state index contributed by atoms with van der Waals surface area (Å²) in [4.78, 5) is 30.1. The molecule has 1 rings (SSSR count). The first-order valence-electron chi connectivity index (χ1n) is 11.8. The van der Waals surface area contributed by atoms with Crippen molar-refractivity contribution >= 4 is 24.3 Å². The van der Waals surface area contributed by atoms with E-state index < -0.39 is 12.0 Å². The lowest BCUT2D eigenvalue weighted by atomic mass is 10.1. The van der Waals surface area contributed by atoms with Gasteiger partial charge in [-0.3, -0.25) is 4.79 Å². The van der Waals surface area contributed by atoms with Crippen LogP contribution in [0.2, 0.25) is 0 Å². The molecule has 0 aliphatic carbocycles. The first kappa shape index (κ1) is 29.2. The van der Waals surface area contributed by atoms with E-state index in [9.17, 15) is 14.7 Å². The van der Waals surface area contributed by atoms with Crippen LogP contribution in [0.3, 0.4) is 0 Å². The molecule has 0 radical (unpaired) electrons. The van der Waals surface area contributed by atoms with Crippen LogP contribution >= 0.6 is 12.4 Å². The zero-order chi connectivity index (χ0) is 21.9. The molecule has 1 atom stereocenters. The maximum absolute atomic E-state index is 12.0. The number of carbonyl (C=O) groups is 2. The summed E-state index contributed by atoms with van der Waals surface area (Å²) in [7, 11) is 0. The van der Waals surface area contributed by atoms with Gasteiger partial charge in [-0.1, -0.05) is 70.4 Å². The average Bonchev–Trinajstić information content (AvgIpc) is 3.23. The van der Waals surface area contributed by atoms with Crippen molar-refractivity contribution in [1.29, 1.82) is 0 Å². The number of halogens is 1. The monoisotopic (exact) mass is 455 g/mol. The molecule has 0 fully saturated rings. The van der Waals surface area contributed by atoms with Gasteiger partial charge in [-0.25, -0.2) is 9.78 Å². The van der Waals surface area contributed by atoms with E-state index in [4.69, 9.17) is 0 Å². The van der Waals surface area contributed by atoms with Gasteiger partial charge in [0.25, 0.3) is 0 Å². The summed E-state index contributed by atoms with van der Waals surface area (Å²) in [6, 6.07) is -0.916. The van der Waals surface area contributed by atoms with E-state index in [1.165, 1.54) is 64.1 Å². The molecule has 0 unspecified atom stereocenters. The van der Waals surface area contributed by atoms with Crippen molar-refractivity contribution in [1.82, 2.24) is 15.3 Å². The van der Waals surface area contributed by atoms with Gasteiger partial charge in [0.05, 0.1) is 6.33 Å². The Balaban J connectivity index is 0.00000900. The Morgan fingerprint density at radius 2 is 1.58 bits per heavy atom. The van der Waals surface area contributed by atoms with E-state index in [1.54, 1.807) is 6.20 Å². The van der Waals surface area contributed by atoms with Crippen LogP contribution in [0.4, 0.5) is 0 Å². The lowest BCUT2D eigenvalue weighted by Crippen LogP contribution is -2.42. The highest BCUT2D eigenvalue weighted by molar-refractivity contribution is 5.85. The standard InChI is InChI=1S/C24H41N3O3.ClH/c1-2-3-4-5-6-7-8-9-10-11-12-13-14-15-16-17-23(28)27-22(24(29)30)18-21-19-25-20-26-21;/h9-10,19-20,22H,2-8,11-18H2,1H3,(H,25,26)(H,27,28)(H,29,30);1H/b10-9-;/t22-;/m0./s1. The summed E-state index contributed by atoms with van der Waals surface area (Å²) in [5, 5.41) is 11.9. The van der Waals surface area contributed by atoms with Crippen molar-refractivity contribution < 1.29 is 14.7 Å². The molecule has 6 nitrogen and oxygen atoms in total. The van der Waals surface area contributed by atoms with Gasteiger partial charge in [-0.2, -0.15) is 0 Å². The Kier molecular flexibility index (Phi) is 18.9. The molecule has 0 saturated carbocycles. The third-order valence-corrected chi connectivity index (χ3v) is 5.28. The average molecular weight is 456 g/mol. The number of hydrogen-bond acceptors (Lipinski definition) is 3. The molecule has 178 valence electrons. The second-order valence-corrected chi connectivity index (χ2v) is 8.07. The van der Waals surface area contributed by atoms with Gasteiger partial charge >= 0.3 is 5.97 Å². The van der Waals surface area contributed by atoms with Gasteiger partial charge in [0.2, 0.25) is 5.91 Å². The Morgan fingerprint density at radius 1 is 1.00 bits per heavy atom. The Labute approximate surface area is 194 Å². The number of amides is 1. The number of nitrogens with zero attached hydrogens (tertiary/aromatic N) is 1. The number of rotatable bonds is 19. The summed E-state index contributed by atoms with van der Waals surface area (Å²) in [5.41, 5.74) is 0.698. The minimum Gasteiger partial charge on any atom is -0.480 e. The summed E-state index contributed by atoms with van der Waals surface area (Å²) in [6.07, 6.45) is 24.1. The summed E-state index contributed by atoms with van der Waals surface area (Å²) < 4.78 is 0. The van der Waals surface area contributed by atoms with Crippen LogP contribution in [0.1, 0.15) is 103 Å². The van der Waals surface area contributed by atoms with Crippen LogP contribution in [0.5, 0.6) is 0 Å². The minimum atomic E-state index is -1.03. The molecule has 0 aromatic carbocycles. The highest BCUT2D eigenvalue weighted by Crippen LogP contribution is 2.10. The second-order valence-electron chi connectivity index (χ2n) is 8.07. The van der Waals surface area contributed by atoms with Crippen LogP contribution in [-0.4, -0.2) is 33.0 Å². The van der Waals surface area contributed by atoms with Crippen LogP contribution in [0.15, 0.2) is 24.7 Å². The predicted octanol–water partition coefficient (Wildman–Crippen LogP) is 5.98. The molecule has 1 aromatic rings. The van der Waals surface area contributed by atoms with E-state index in [0.717, 1.165) is 25.7 Å². The SMILES string of the molecule is CCCCCCCC/C=C\CCCCCCCC(=O)N[C@@H](Cc1cnc[nH]1)C(=O)O.Cl. The quantitative estimate of drug-likeness (QED) is 0.176. The van der Waals surface area contributed by atoms with Crippen molar-refractivity contribution in [2.45, 2.75) is 109 Å². The van der Waals surface area contributed by atoms with Gasteiger partial charge in [-0.15, -0.1) is 12.4 Å². The Hall–Kier alpha value is -1.82. The molecular weight excluding hydrogens is 414 g/mol. The maximum atomic E-state index is 12.0. The number of carbonyl (C=O) groups excluding carboxylic acids is 1. The molecule has 0 spiro atoms. The van der Waals surface area contributed by atoms with Crippen molar-refractivity contribution in [3.05, 3.63) is 30.4 Å². The van der Waals surface area contributed by atoms with Gasteiger partial charge in [0.1, 0.15) is 6.04 Å². The first-order chi connectivity index (χ1) is 14.6. The number of allylic oxidation sites excluding steroid dienone is 2. The number of nitrogens with one attached hydrogen (secondary N) is 2.